The number of nitrogens with one attached hydrogen (secondary N) is 1. The van der Waals surface area contributed by atoms with Crippen molar-refractivity contribution >= 4 is 5.91 Å². The molecule has 0 aliphatic heterocycles. The van der Waals surface area contributed by atoms with Crippen molar-refractivity contribution in [3.8, 4) is 17.2 Å². The van der Waals surface area contributed by atoms with Gasteiger partial charge in [-0.25, -0.2) is 0 Å². The lowest BCUT2D eigenvalue weighted by atomic mass is 10.0. The van der Waals surface area contributed by atoms with Crippen LogP contribution in [0, 0.1) is 0 Å². The fourth-order valence-electron chi connectivity index (χ4n) is 1.92. The van der Waals surface area contributed by atoms with E-state index in [1.54, 1.807) is 12.1 Å². The topological polar surface area (TPSA) is 97.2 Å². The molecule has 0 radical (unpaired) electrons. The quantitative estimate of drug-likeness (QED) is 0.667. The summed E-state index contributed by atoms with van der Waals surface area (Å²) in [6.45, 7) is 1.25. The number of methoxy groups -OCH3 is 3. The summed E-state index contributed by atoms with van der Waals surface area (Å²) in [7, 11) is 4.36. The average molecular weight is 299 g/mol. The normalized spacial score (nSPS) is 13.2. The van der Waals surface area contributed by atoms with Gasteiger partial charge in [0.2, 0.25) is 11.7 Å². The molecule has 118 valence electrons. The Bertz CT molecular complexity index is 491. The highest BCUT2D eigenvalue weighted by molar-refractivity contribution is 5.72. The van der Waals surface area contributed by atoms with Crippen molar-refractivity contribution in [1.29, 1.82) is 0 Å². The molecule has 0 aliphatic carbocycles. The molecule has 0 aromatic heterocycles. The van der Waals surface area contributed by atoms with E-state index in [1.165, 1.54) is 28.3 Å². The minimum Gasteiger partial charge on any atom is -0.493 e. The Morgan fingerprint density at radius 3 is 2.24 bits per heavy atom. The zero-order valence-electron chi connectivity index (χ0n) is 12.5. The van der Waals surface area contributed by atoms with Crippen LogP contribution in [-0.2, 0) is 4.79 Å². The lowest BCUT2D eigenvalue weighted by molar-refractivity contribution is -0.119. The standard InChI is InChI=1S/C14H21NO6/c1-8(16)15-7-10(17)12(18)9-5-6-11(19-2)14(21-4)13(9)20-3/h5-6,10,12,17-18H,7H2,1-4H3,(H,15,16). The minimum atomic E-state index is -1.24. The fraction of sp³-hybridized carbons (Fsp3) is 0.500. The smallest absolute Gasteiger partial charge is 0.216 e. The summed E-state index contributed by atoms with van der Waals surface area (Å²) in [4.78, 5) is 10.8. The van der Waals surface area contributed by atoms with E-state index < -0.39 is 12.2 Å². The molecule has 0 saturated carbocycles. The molecular weight excluding hydrogens is 278 g/mol. The Hall–Kier alpha value is -1.99. The number of aliphatic hydroxyl groups excluding tert-OH is 2. The first-order valence-electron chi connectivity index (χ1n) is 6.35. The highest BCUT2D eigenvalue weighted by Crippen LogP contribution is 2.42. The number of rotatable bonds is 7. The van der Waals surface area contributed by atoms with Crippen LogP contribution < -0.4 is 19.5 Å². The first-order chi connectivity index (χ1) is 9.96. The van der Waals surface area contributed by atoms with Crippen LogP contribution in [-0.4, -0.2) is 50.1 Å². The number of amides is 1. The van der Waals surface area contributed by atoms with E-state index in [1.807, 2.05) is 0 Å². The molecule has 1 amide bonds. The van der Waals surface area contributed by atoms with E-state index in [4.69, 9.17) is 14.2 Å². The predicted molar refractivity (Wildman–Crippen MR) is 75.7 cm³/mol. The number of carbonyl (C=O) groups excluding carboxylic acids is 1. The molecule has 0 bridgehead atoms. The van der Waals surface area contributed by atoms with Crippen LogP contribution in [0.4, 0.5) is 0 Å². The summed E-state index contributed by atoms with van der Waals surface area (Å²) < 4.78 is 15.6. The largest absolute Gasteiger partial charge is 0.493 e. The lowest BCUT2D eigenvalue weighted by Crippen LogP contribution is -2.34. The lowest BCUT2D eigenvalue weighted by Gasteiger charge is -2.22. The summed E-state index contributed by atoms with van der Waals surface area (Å²) in [5, 5.41) is 22.6. The summed E-state index contributed by atoms with van der Waals surface area (Å²) in [6, 6.07) is 3.17. The second-order valence-electron chi connectivity index (χ2n) is 4.37. The predicted octanol–water partition coefficient (Wildman–Crippen LogP) is 0.243. The molecule has 1 aromatic carbocycles. The number of ether oxygens (including phenoxy) is 3. The first-order valence-corrected chi connectivity index (χ1v) is 6.35. The fourth-order valence-corrected chi connectivity index (χ4v) is 1.92. The highest BCUT2D eigenvalue weighted by Gasteiger charge is 2.26. The van der Waals surface area contributed by atoms with Gasteiger partial charge in [-0.05, 0) is 12.1 Å². The van der Waals surface area contributed by atoms with Crippen LogP contribution in [0.5, 0.6) is 17.2 Å². The third-order valence-corrected chi connectivity index (χ3v) is 2.98. The molecular formula is C14H21NO6. The van der Waals surface area contributed by atoms with Gasteiger partial charge in [0.15, 0.2) is 11.5 Å². The molecule has 0 heterocycles. The van der Waals surface area contributed by atoms with Gasteiger partial charge in [-0.1, -0.05) is 0 Å². The molecule has 7 heteroatoms. The van der Waals surface area contributed by atoms with E-state index in [0.29, 0.717) is 17.1 Å². The first kappa shape index (κ1) is 17.1. The Morgan fingerprint density at radius 1 is 1.14 bits per heavy atom. The molecule has 2 atom stereocenters. The average Bonchev–Trinajstić information content (AvgIpc) is 2.49. The van der Waals surface area contributed by atoms with E-state index >= 15 is 0 Å². The third kappa shape index (κ3) is 3.99. The van der Waals surface area contributed by atoms with Crippen LogP contribution in [0.3, 0.4) is 0 Å². The molecule has 0 aliphatic rings. The summed E-state index contributed by atoms with van der Waals surface area (Å²) in [5.74, 6) is 0.747. The molecule has 1 rings (SSSR count). The molecule has 1 aromatic rings. The van der Waals surface area contributed by atoms with Gasteiger partial charge in [0, 0.05) is 19.0 Å². The van der Waals surface area contributed by atoms with E-state index in [9.17, 15) is 15.0 Å². The van der Waals surface area contributed by atoms with Gasteiger partial charge in [0.05, 0.1) is 21.3 Å². The molecule has 21 heavy (non-hydrogen) atoms. The second kappa shape index (κ2) is 7.70. The number of benzene rings is 1. The van der Waals surface area contributed by atoms with Crippen molar-refractivity contribution in [2.24, 2.45) is 0 Å². The number of hydrogen-bond acceptors (Lipinski definition) is 6. The van der Waals surface area contributed by atoms with Gasteiger partial charge in [-0.15, -0.1) is 0 Å². The molecule has 2 unspecified atom stereocenters. The third-order valence-electron chi connectivity index (χ3n) is 2.98. The highest BCUT2D eigenvalue weighted by atomic mass is 16.5. The van der Waals surface area contributed by atoms with Crippen molar-refractivity contribution in [2.75, 3.05) is 27.9 Å². The molecule has 7 nitrogen and oxygen atoms in total. The van der Waals surface area contributed by atoms with Gasteiger partial charge in [-0.2, -0.15) is 0 Å². The maximum absolute atomic E-state index is 10.8. The van der Waals surface area contributed by atoms with Crippen molar-refractivity contribution in [3.63, 3.8) is 0 Å². The van der Waals surface area contributed by atoms with Crippen molar-refractivity contribution < 1.29 is 29.2 Å². The van der Waals surface area contributed by atoms with Crippen LogP contribution in [0.25, 0.3) is 0 Å². The summed E-state index contributed by atoms with van der Waals surface area (Å²) in [5.41, 5.74) is 0.341. The minimum absolute atomic E-state index is 0.0754. The van der Waals surface area contributed by atoms with E-state index in [-0.39, 0.29) is 18.2 Å². The van der Waals surface area contributed by atoms with Gasteiger partial charge in [0.25, 0.3) is 0 Å². The van der Waals surface area contributed by atoms with Crippen LogP contribution >= 0.6 is 0 Å². The maximum Gasteiger partial charge on any atom is 0.216 e. The maximum atomic E-state index is 10.8. The number of hydrogen-bond donors (Lipinski definition) is 3. The Balaban J connectivity index is 3.08. The monoisotopic (exact) mass is 299 g/mol. The summed E-state index contributed by atoms with van der Waals surface area (Å²) >= 11 is 0. The van der Waals surface area contributed by atoms with Crippen LogP contribution in [0.15, 0.2) is 12.1 Å². The Labute approximate surface area is 123 Å². The van der Waals surface area contributed by atoms with E-state index in [0.717, 1.165) is 0 Å². The van der Waals surface area contributed by atoms with Gasteiger partial charge < -0.3 is 29.7 Å². The Kier molecular flexibility index (Phi) is 6.26. The van der Waals surface area contributed by atoms with Gasteiger partial charge >= 0.3 is 0 Å². The number of aliphatic hydroxyl groups is 2. The van der Waals surface area contributed by atoms with Crippen molar-refractivity contribution in [3.05, 3.63) is 17.7 Å². The van der Waals surface area contributed by atoms with Crippen molar-refractivity contribution in [2.45, 2.75) is 19.1 Å². The Morgan fingerprint density at radius 2 is 1.76 bits per heavy atom. The van der Waals surface area contributed by atoms with Gasteiger partial charge in [0.1, 0.15) is 12.2 Å². The van der Waals surface area contributed by atoms with Crippen LogP contribution in [0.2, 0.25) is 0 Å². The SMILES string of the molecule is COc1ccc(C(O)C(O)CNC(C)=O)c(OC)c1OC. The molecule has 0 spiro atoms. The summed E-state index contributed by atoms with van der Waals surface area (Å²) in [6.07, 6.45) is -2.42. The van der Waals surface area contributed by atoms with Crippen LogP contribution in [0.1, 0.15) is 18.6 Å². The molecule has 0 fully saturated rings. The zero-order chi connectivity index (χ0) is 16.0. The van der Waals surface area contributed by atoms with Gasteiger partial charge in [-0.3, -0.25) is 4.79 Å². The van der Waals surface area contributed by atoms with E-state index in [2.05, 4.69) is 5.32 Å². The molecule has 3 N–H and O–H groups in total. The zero-order valence-corrected chi connectivity index (χ0v) is 12.5. The van der Waals surface area contributed by atoms with Crippen molar-refractivity contribution in [1.82, 2.24) is 5.32 Å². The number of carbonyl (C=O) groups is 1. The second-order valence-corrected chi connectivity index (χ2v) is 4.37. The molecule has 0 saturated heterocycles.